The molecule has 2 N–H and O–H groups in total. The van der Waals surface area contributed by atoms with E-state index in [4.69, 9.17) is 19.2 Å². The van der Waals surface area contributed by atoms with E-state index < -0.39 is 6.10 Å². The van der Waals surface area contributed by atoms with Crippen LogP contribution in [0.1, 0.15) is 17.1 Å². The lowest BCUT2D eigenvalue weighted by atomic mass is 10.1. The molecular formula is C24H28N6O3. The van der Waals surface area contributed by atoms with E-state index >= 15 is 0 Å². The number of aliphatic hydroxyl groups excluding tert-OH is 1. The van der Waals surface area contributed by atoms with Gasteiger partial charge < -0.3 is 19.7 Å². The summed E-state index contributed by atoms with van der Waals surface area (Å²) < 4.78 is 11.1. The average Bonchev–Trinajstić information content (AvgIpc) is 3.15. The molecule has 33 heavy (non-hydrogen) atoms. The van der Waals surface area contributed by atoms with E-state index in [1.165, 1.54) is 0 Å². The summed E-state index contributed by atoms with van der Waals surface area (Å²) in [6, 6.07) is 9.27. The van der Waals surface area contributed by atoms with Crippen molar-refractivity contribution in [3.8, 4) is 28.4 Å². The number of hydrogen-bond donors (Lipinski definition) is 2. The molecule has 0 aliphatic carbocycles. The van der Waals surface area contributed by atoms with Crippen molar-refractivity contribution in [3.63, 3.8) is 0 Å². The summed E-state index contributed by atoms with van der Waals surface area (Å²) in [6.45, 7) is 7.87. The highest BCUT2D eigenvalue weighted by atomic mass is 16.5. The molecule has 0 fully saturated rings. The van der Waals surface area contributed by atoms with E-state index in [2.05, 4.69) is 27.2 Å². The fraction of sp³-hybridized carbons (Fsp3) is 0.292. The Morgan fingerprint density at radius 2 is 2.12 bits per heavy atom. The maximum absolute atomic E-state index is 9.93. The monoisotopic (exact) mass is 448 g/mol. The van der Waals surface area contributed by atoms with Crippen molar-refractivity contribution in [1.29, 1.82) is 0 Å². The summed E-state index contributed by atoms with van der Waals surface area (Å²) in [4.78, 5) is 17.5. The number of likely N-dealkylation sites (N-methyl/N-ethyl adjacent to an activating group) is 1. The smallest absolute Gasteiger partial charge is 0.160 e. The molecule has 0 amide bonds. The number of rotatable bonds is 10. The first kappa shape index (κ1) is 24.0. The first-order chi connectivity index (χ1) is 16.0. The Bertz CT molecular complexity index is 1150. The first-order valence-electron chi connectivity index (χ1n) is 10.4. The van der Waals surface area contributed by atoms with Gasteiger partial charge in [-0.3, -0.25) is 9.98 Å². The quantitative estimate of drug-likeness (QED) is 0.458. The van der Waals surface area contributed by atoms with Crippen LogP contribution in [0.4, 0.5) is 0 Å². The van der Waals surface area contributed by atoms with Crippen molar-refractivity contribution in [2.24, 2.45) is 9.98 Å². The SMILES string of the molecule is C=N/C=C(\C=N/C)c1cc(-c2c(C)noc2C)nc(-c2cccc(OCC(O)CNC)c2)n1. The van der Waals surface area contributed by atoms with Gasteiger partial charge in [0.2, 0.25) is 0 Å². The number of hydrogen-bond acceptors (Lipinski definition) is 9. The number of benzene rings is 1. The minimum Gasteiger partial charge on any atom is -0.491 e. The number of aromatic nitrogens is 3. The Balaban J connectivity index is 2.09. The van der Waals surface area contributed by atoms with Crippen molar-refractivity contribution in [1.82, 2.24) is 20.4 Å². The second-order valence-corrected chi connectivity index (χ2v) is 7.37. The summed E-state index contributed by atoms with van der Waals surface area (Å²) in [6.07, 6.45) is 2.65. The fourth-order valence-electron chi connectivity index (χ4n) is 3.32. The summed E-state index contributed by atoms with van der Waals surface area (Å²) in [5.74, 6) is 1.76. The van der Waals surface area contributed by atoms with Gasteiger partial charge in [-0.25, -0.2) is 9.97 Å². The Morgan fingerprint density at radius 3 is 2.79 bits per heavy atom. The van der Waals surface area contributed by atoms with E-state index in [0.29, 0.717) is 40.8 Å². The number of aliphatic hydroxyl groups is 1. The molecule has 1 atom stereocenters. The summed E-state index contributed by atoms with van der Waals surface area (Å²) in [5, 5.41) is 16.9. The molecule has 9 nitrogen and oxygen atoms in total. The van der Waals surface area contributed by atoms with E-state index in [1.54, 1.807) is 26.5 Å². The van der Waals surface area contributed by atoms with Gasteiger partial charge in [-0.2, -0.15) is 0 Å². The zero-order valence-corrected chi connectivity index (χ0v) is 19.2. The molecule has 0 aliphatic heterocycles. The van der Waals surface area contributed by atoms with Crippen LogP contribution in [0.3, 0.4) is 0 Å². The molecule has 0 radical (unpaired) electrons. The van der Waals surface area contributed by atoms with Crippen molar-refractivity contribution in [3.05, 3.63) is 53.7 Å². The number of aliphatic imine (C=N–C) groups is 2. The maximum Gasteiger partial charge on any atom is 0.160 e. The Hall–Kier alpha value is -3.69. The molecule has 3 aromatic rings. The van der Waals surface area contributed by atoms with Crippen molar-refractivity contribution < 1.29 is 14.4 Å². The van der Waals surface area contributed by atoms with E-state index in [9.17, 15) is 5.11 Å². The standard InChI is InChI=1S/C24H28N6O3/c1-15-23(16(2)33-30-15)22-10-21(18(11-25-3)12-26-4)28-24(29-22)17-7-6-8-20(9-17)32-14-19(31)13-27-5/h6-12,19,27,31H,3,13-14H2,1-2,4-5H3/b18-11+,26-12-. The van der Waals surface area contributed by atoms with Gasteiger partial charge >= 0.3 is 0 Å². The maximum atomic E-state index is 9.93. The molecule has 0 bridgehead atoms. The summed E-state index contributed by atoms with van der Waals surface area (Å²) in [5.41, 5.74) is 4.28. The lowest BCUT2D eigenvalue weighted by molar-refractivity contribution is 0.108. The molecule has 2 heterocycles. The second-order valence-electron chi connectivity index (χ2n) is 7.37. The van der Waals surface area contributed by atoms with Crippen LogP contribution in [-0.4, -0.2) is 66.5 Å². The Labute approximate surface area is 193 Å². The summed E-state index contributed by atoms with van der Waals surface area (Å²) in [7, 11) is 3.45. The third-order valence-electron chi connectivity index (χ3n) is 4.78. The van der Waals surface area contributed by atoms with Crippen LogP contribution in [0, 0.1) is 13.8 Å². The number of ether oxygens (including phenoxy) is 1. The third kappa shape index (κ3) is 5.97. The number of nitrogens with one attached hydrogen (secondary N) is 1. The first-order valence-corrected chi connectivity index (χ1v) is 10.4. The van der Waals surface area contributed by atoms with Crippen LogP contribution < -0.4 is 10.1 Å². The van der Waals surface area contributed by atoms with Crippen LogP contribution >= 0.6 is 0 Å². The van der Waals surface area contributed by atoms with Crippen molar-refractivity contribution in [2.75, 3.05) is 27.2 Å². The summed E-state index contributed by atoms with van der Waals surface area (Å²) >= 11 is 0. The van der Waals surface area contributed by atoms with Crippen LogP contribution in [-0.2, 0) is 0 Å². The Kier molecular flexibility index (Phi) is 8.17. The second kappa shape index (κ2) is 11.3. The molecule has 1 aromatic carbocycles. The van der Waals surface area contributed by atoms with Gasteiger partial charge in [0.25, 0.3) is 0 Å². The lowest BCUT2D eigenvalue weighted by Crippen LogP contribution is -2.29. The zero-order chi connectivity index (χ0) is 23.8. The van der Waals surface area contributed by atoms with E-state index in [0.717, 1.165) is 16.8 Å². The van der Waals surface area contributed by atoms with Gasteiger partial charge in [-0.05, 0) is 45.8 Å². The van der Waals surface area contributed by atoms with Crippen LogP contribution in [0.15, 0.2) is 51.0 Å². The average molecular weight is 449 g/mol. The van der Waals surface area contributed by atoms with Gasteiger partial charge in [0.05, 0.1) is 22.6 Å². The molecule has 0 saturated carbocycles. The molecule has 0 saturated heterocycles. The molecular weight excluding hydrogens is 420 g/mol. The topological polar surface area (TPSA) is 118 Å². The third-order valence-corrected chi connectivity index (χ3v) is 4.78. The normalized spacial score (nSPS) is 12.8. The highest BCUT2D eigenvalue weighted by molar-refractivity contribution is 6.09. The number of aryl methyl sites for hydroxylation is 2. The van der Waals surface area contributed by atoms with Gasteiger partial charge in [0, 0.05) is 37.1 Å². The van der Waals surface area contributed by atoms with Crippen LogP contribution in [0.5, 0.6) is 5.75 Å². The van der Waals surface area contributed by atoms with Gasteiger partial charge in [-0.15, -0.1) is 0 Å². The predicted molar refractivity (Wildman–Crippen MR) is 130 cm³/mol. The molecule has 0 spiro atoms. The molecule has 0 aliphatic rings. The predicted octanol–water partition coefficient (Wildman–Crippen LogP) is 3.12. The molecule has 2 aromatic heterocycles. The number of nitrogens with zero attached hydrogens (tertiary/aromatic N) is 5. The highest BCUT2D eigenvalue weighted by Crippen LogP contribution is 2.30. The van der Waals surface area contributed by atoms with Crippen LogP contribution in [0.2, 0.25) is 0 Å². The van der Waals surface area contributed by atoms with Gasteiger partial charge in [-0.1, -0.05) is 17.3 Å². The van der Waals surface area contributed by atoms with E-state index in [-0.39, 0.29) is 6.61 Å². The fourth-order valence-corrected chi connectivity index (χ4v) is 3.32. The van der Waals surface area contributed by atoms with Gasteiger partial charge in [0.15, 0.2) is 5.82 Å². The highest BCUT2D eigenvalue weighted by Gasteiger charge is 2.17. The lowest BCUT2D eigenvalue weighted by Gasteiger charge is -2.13. The zero-order valence-electron chi connectivity index (χ0n) is 19.2. The minimum atomic E-state index is -0.614. The number of allylic oxidation sites excluding steroid dienone is 1. The van der Waals surface area contributed by atoms with E-state index in [1.807, 2.05) is 44.2 Å². The molecule has 172 valence electrons. The van der Waals surface area contributed by atoms with Gasteiger partial charge in [0.1, 0.15) is 24.2 Å². The molecule has 9 heteroatoms. The van der Waals surface area contributed by atoms with Crippen molar-refractivity contribution in [2.45, 2.75) is 20.0 Å². The minimum absolute atomic E-state index is 0.167. The molecule has 1 unspecified atom stereocenters. The largest absolute Gasteiger partial charge is 0.491 e. The Morgan fingerprint density at radius 1 is 1.30 bits per heavy atom. The van der Waals surface area contributed by atoms with Crippen LogP contribution in [0.25, 0.3) is 28.2 Å². The van der Waals surface area contributed by atoms with Crippen molar-refractivity contribution >= 4 is 18.5 Å². The molecule has 3 rings (SSSR count).